The van der Waals surface area contributed by atoms with Crippen molar-refractivity contribution in [1.82, 2.24) is 20.8 Å². The first-order valence-corrected chi connectivity index (χ1v) is 11.8. The molecule has 0 bridgehead atoms. The van der Waals surface area contributed by atoms with E-state index in [9.17, 15) is 9.59 Å². The summed E-state index contributed by atoms with van der Waals surface area (Å²) in [6.07, 6.45) is 4.43. The topological polar surface area (TPSA) is 102 Å². The summed E-state index contributed by atoms with van der Waals surface area (Å²) in [4.78, 5) is 23.8. The van der Waals surface area contributed by atoms with Gasteiger partial charge in [-0.1, -0.05) is 34.9 Å². The number of aromatic nitrogens is 2. The number of rotatable bonds is 10. The summed E-state index contributed by atoms with van der Waals surface area (Å²) in [5.74, 6) is 0.531. The summed E-state index contributed by atoms with van der Waals surface area (Å²) in [6.45, 7) is 2.70. The third-order valence-electron chi connectivity index (χ3n) is 4.14. The predicted molar refractivity (Wildman–Crippen MR) is 105 cm³/mol. The molecule has 2 N–H and O–H groups in total. The highest BCUT2D eigenvalue weighted by atomic mass is 32.2. The molecule has 2 amide bonds. The monoisotopic (exact) mass is 432 g/mol. The van der Waals surface area contributed by atoms with E-state index in [1.165, 1.54) is 34.9 Å². The Morgan fingerprint density at radius 1 is 0.926 bits per heavy atom. The van der Waals surface area contributed by atoms with Crippen LogP contribution >= 0.6 is 34.9 Å². The molecule has 1 aromatic heterocycles. The van der Waals surface area contributed by atoms with Crippen molar-refractivity contribution in [2.24, 2.45) is 0 Å². The van der Waals surface area contributed by atoms with Gasteiger partial charge < -0.3 is 20.1 Å². The summed E-state index contributed by atoms with van der Waals surface area (Å²) in [5.41, 5.74) is 0. The Bertz CT molecular complexity index is 568. The zero-order chi connectivity index (χ0) is 18.9. The van der Waals surface area contributed by atoms with Crippen molar-refractivity contribution in [2.75, 3.05) is 37.8 Å². The van der Waals surface area contributed by atoms with Crippen molar-refractivity contribution in [3.63, 3.8) is 0 Å². The quantitative estimate of drug-likeness (QED) is 0.534. The lowest BCUT2D eigenvalue weighted by Crippen LogP contribution is -2.32. The highest BCUT2D eigenvalue weighted by Crippen LogP contribution is 2.28. The molecule has 0 unspecified atom stereocenters. The van der Waals surface area contributed by atoms with Crippen LogP contribution in [0.15, 0.2) is 8.68 Å². The molecule has 2 saturated heterocycles. The van der Waals surface area contributed by atoms with Crippen LogP contribution in [0.3, 0.4) is 0 Å². The van der Waals surface area contributed by atoms with E-state index in [-0.39, 0.29) is 24.0 Å². The third kappa shape index (κ3) is 7.57. The number of nitrogens with zero attached hydrogens (tertiary/aromatic N) is 2. The number of hydrogen-bond acceptors (Lipinski definition) is 9. The van der Waals surface area contributed by atoms with Gasteiger partial charge in [-0.2, -0.15) is 0 Å². The van der Waals surface area contributed by atoms with Crippen LogP contribution in [0.2, 0.25) is 0 Å². The van der Waals surface area contributed by atoms with Gasteiger partial charge >= 0.3 is 0 Å². The van der Waals surface area contributed by atoms with Crippen molar-refractivity contribution < 1.29 is 19.1 Å². The van der Waals surface area contributed by atoms with Gasteiger partial charge in [0.1, 0.15) is 0 Å². The van der Waals surface area contributed by atoms with Crippen LogP contribution in [0.4, 0.5) is 0 Å². The van der Waals surface area contributed by atoms with Gasteiger partial charge in [-0.3, -0.25) is 9.59 Å². The smallest absolute Gasteiger partial charge is 0.230 e. The maximum absolute atomic E-state index is 11.9. The minimum absolute atomic E-state index is 0.0339. The molecule has 2 aliphatic heterocycles. The highest BCUT2D eigenvalue weighted by molar-refractivity contribution is 8.03. The fourth-order valence-corrected chi connectivity index (χ4v) is 5.42. The molecule has 27 heavy (non-hydrogen) atoms. The van der Waals surface area contributed by atoms with Crippen molar-refractivity contribution >= 4 is 46.7 Å². The molecule has 150 valence electrons. The lowest BCUT2D eigenvalue weighted by molar-refractivity contribution is -0.119. The third-order valence-corrected chi connectivity index (χ3v) is 7.33. The molecular formula is C16H24N4O4S3. The average molecular weight is 433 g/mol. The van der Waals surface area contributed by atoms with E-state index in [1.807, 2.05) is 0 Å². The van der Waals surface area contributed by atoms with Crippen LogP contribution in [-0.2, 0) is 19.1 Å². The number of hydrogen-bond donors (Lipinski definition) is 2. The molecule has 0 spiro atoms. The molecule has 0 aromatic carbocycles. The number of amides is 2. The van der Waals surface area contributed by atoms with Gasteiger partial charge in [0.2, 0.25) is 11.8 Å². The van der Waals surface area contributed by atoms with Gasteiger partial charge in [0.05, 0.1) is 23.7 Å². The molecule has 0 saturated carbocycles. The second-order valence-corrected chi connectivity index (χ2v) is 9.71. The Hall–Kier alpha value is -0.880. The van der Waals surface area contributed by atoms with Crippen LogP contribution in [0, 0.1) is 0 Å². The minimum Gasteiger partial charge on any atom is -0.376 e. The number of thioether (sulfide) groups is 2. The van der Waals surface area contributed by atoms with E-state index < -0.39 is 0 Å². The molecule has 3 rings (SSSR count). The van der Waals surface area contributed by atoms with Gasteiger partial charge in [-0.05, 0) is 25.7 Å². The standard InChI is InChI=1S/C16H24N4O4S3/c21-13(17-7-11-3-1-5-23-11)9-25-15-19-20-16(27-15)26-10-14(22)18-8-12-4-2-6-24-12/h11-12H,1-10H2,(H,17,21)(H,18,22)/t11-,12-/m1/s1. The van der Waals surface area contributed by atoms with E-state index in [4.69, 9.17) is 9.47 Å². The fourth-order valence-electron chi connectivity index (χ4n) is 2.74. The number of carbonyl (C=O) groups is 2. The Balaban J connectivity index is 1.28. The predicted octanol–water partition coefficient (Wildman–Crippen LogP) is 1.31. The van der Waals surface area contributed by atoms with Crippen molar-refractivity contribution in [1.29, 1.82) is 0 Å². The van der Waals surface area contributed by atoms with Crippen molar-refractivity contribution in [3.05, 3.63) is 0 Å². The van der Waals surface area contributed by atoms with Gasteiger partial charge in [-0.25, -0.2) is 0 Å². The molecule has 0 radical (unpaired) electrons. The van der Waals surface area contributed by atoms with Crippen LogP contribution in [-0.4, -0.2) is 72.0 Å². The average Bonchev–Trinajstić information content (AvgIpc) is 3.44. The van der Waals surface area contributed by atoms with Crippen LogP contribution in [0.25, 0.3) is 0 Å². The number of carbonyl (C=O) groups excluding carboxylic acids is 2. The summed E-state index contributed by atoms with van der Waals surface area (Å²) in [5, 5.41) is 13.9. The Kier molecular flexibility index (Phi) is 8.65. The Labute approximate surface area is 170 Å². The molecule has 11 heteroatoms. The van der Waals surface area contributed by atoms with Crippen molar-refractivity contribution in [2.45, 2.75) is 46.6 Å². The Morgan fingerprint density at radius 3 is 1.81 bits per heavy atom. The first-order valence-electron chi connectivity index (χ1n) is 9.05. The molecule has 8 nitrogen and oxygen atoms in total. The first-order chi connectivity index (χ1) is 13.2. The highest BCUT2D eigenvalue weighted by Gasteiger charge is 2.18. The number of nitrogens with one attached hydrogen (secondary N) is 2. The summed E-state index contributed by atoms with van der Waals surface area (Å²) in [7, 11) is 0. The lowest BCUT2D eigenvalue weighted by atomic mass is 10.2. The lowest BCUT2D eigenvalue weighted by Gasteiger charge is -2.10. The molecule has 0 aliphatic carbocycles. The molecule has 2 fully saturated rings. The van der Waals surface area contributed by atoms with Crippen LogP contribution < -0.4 is 10.6 Å². The summed E-state index contributed by atoms with van der Waals surface area (Å²) < 4.78 is 12.4. The first kappa shape index (κ1) is 20.8. The maximum Gasteiger partial charge on any atom is 0.230 e. The van der Waals surface area contributed by atoms with E-state index in [1.54, 1.807) is 0 Å². The molecule has 3 heterocycles. The van der Waals surface area contributed by atoms with Crippen LogP contribution in [0.5, 0.6) is 0 Å². The largest absolute Gasteiger partial charge is 0.376 e. The molecule has 2 aliphatic rings. The Morgan fingerprint density at radius 2 is 1.41 bits per heavy atom. The van der Waals surface area contributed by atoms with E-state index >= 15 is 0 Å². The van der Waals surface area contributed by atoms with E-state index in [0.717, 1.165) is 47.6 Å². The van der Waals surface area contributed by atoms with Crippen LogP contribution in [0.1, 0.15) is 25.7 Å². The zero-order valence-electron chi connectivity index (χ0n) is 15.0. The normalized spacial score (nSPS) is 22.1. The van der Waals surface area contributed by atoms with Gasteiger partial charge in [0.25, 0.3) is 0 Å². The van der Waals surface area contributed by atoms with Gasteiger partial charge in [0.15, 0.2) is 8.68 Å². The minimum atomic E-state index is -0.0339. The summed E-state index contributed by atoms with van der Waals surface area (Å²) >= 11 is 4.11. The number of ether oxygens (including phenoxy) is 2. The van der Waals surface area contributed by atoms with E-state index in [2.05, 4.69) is 20.8 Å². The van der Waals surface area contributed by atoms with Gasteiger partial charge in [0, 0.05) is 26.3 Å². The summed E-state index contributed by atoms with van der Waals surface area (Å²) in [6, 6.07) is 0. The van der Waals surface area contributed by atoms with Gasteiger partial charge in [-0.15, -0.1) is 10.2 Å². The molecule has 2 atom stereocenters. The second kappa shape index (κ2) is 11.2. The second-order valence-electron chi connectivity index (χ2n) is 6.29. The molecular weight excluding hydrogens is 408 g/mol. The fraction of sp³-hybridized carbons (Fsp3) is 0.750. The SMILES string of the molecule is O=C(CSc1nnc(SCC(=O)NC[C@H]2CCCO2)s1)NC[C@H]1CCCO1. The molecule has 1 aromatic rings. The maximum atomic E-state index is 11.9. The van der Waals surface area contributed by atoms with Crippen molar-refractivity contribution in [3.8, 4) is 0 Å². The zero-order valence-corrected chi connectivity index (χ0v) is 17.4. The van der Waals surface area contributed by atoms with E-state index in [0.29, 0.717) is 24.6 Å².